The van der Waals surface area contributed by atoms with Crippen molar-refractivity contribution >= 4 is 43.3 Å². The Balaban J connectivity index is 1.82. The van der Waals surface area contributed by atoms with Crippen LogP contribution in [-0.4, -0.2) is 12.9 Å². The molecular weight excluding hydrogens is 470 g/mol. The first-order valence-corrected chi connectivity index (χ1v) is 10.1. The SMILES string of the molecule is COc1ccc(C(=O)CC(Nc2ccc(Br)cc2)c2ccc(Br)cc2)cc1. The van der Waals surface area contributed by atoms with Crippen molar-refractivity contribution in [2.24, 2.45) is 0 Å². The topological polar surface area (TPSA) is 38.3 Å². The minimum absolute atomic E-state index is 0.0789. The molecule has 0 saturated heterocycles. The molecule has 3 aromatic carbocycles. The molecule has 0 amide bonds. The van der Waals surface area contributed by atoms with E-state index in [4.69, 9.17) is 4.74 Å². The summed E-state index contributed by atoms with van der Waals surface area (Å²) >= 11 is 6.92. The predicted molar refractivity (Wildman–Crippen MR) is 117 cm³/mol. The average molecular weight is 489 g/mol. The smallest absolute Gasteiger partial charge is 0.165 e. The van der Waals surface area contributed by atoms with Crippen LogP contribution in [0.5, 0.6) is 5.75 Å². The third-order valence-electron chi connectivity index (χ3n) is 4.26. The monoisotopic (exact) mass is 487 g/mol. The number of ketones is 1. The molecule has 0 aromatic heterocycles. The number of ether oxygens (including phenoxy) is 1. The van der Waals surface area contributed by atoms with Gasteiger partial charge in [-0.2, -0.15) is 0 Å². The molecule has 0 fully saturated rings. The second-order valence-electron chi connectivity index (χ2n) is 6.11. The third kappa shape index (κ3) is 5.44. The van der Waals surface area contributed by atoms with Gasteiger partial charge in [-0.3, -0.25) is 4.79 Å². The Morgan fingerprint density at radius 3 is 2.00 bits per heavy atom. The number of anilines is 1. The van der Waals surface area contributed by atoms with Gasteiger partial charge in [-0.05, 0) is 66.2 Å². The summed E-state index contributed by atoms with van der Waals surface area (Å²) in [4.78, 5) is 12.8. The first-order chi connectivity index (χ1) is 13.0. The van der Waals surface area contributed by atoms with Gasteiger partial charge in [-0.1, -0.05) is 44.0 Å². The van der Waals surface area contributed by atoms with Crippen LogP contribution in [-0.2, 0) is 0 Å². The summed E-state index contributed by atoms with van der Waals surface area (Å²) < 4.78 is 7.19. The van der Waals surface area contributed by atoms with Crippen molar-refractivity contribution in [1.29, 1.82) is 0 Å². The first kappa shape index (κ1) is 19.6. The maximum absolute atomic E-state index is 12.8. The minimum atomic E-state index is -0.131. The summed E-state index contributed by atoms with van der Waals surface area (Å²) in [6.45, 7) is 0. The van der Waals surface area contributed by atoms with Gasteiger partial charge < -0.3 is 10.1 Å². The van der Waals surface area contributed by atoms with Crippen LogP contribution in [0.15, 0.2) is 81.7 Å². The van der Waals surface area contributed by atoms with Crippen LogP contribution in [0.25, 0.3) is 0 Å². The van der Waals surface area contributed by atoms with E-state index < -0.39 is 0 Å². The Morgan fingerprint density at radius 1 is 0.889 bits per heavy atom. The van der Waals surface area contributed by atoms with Gasteiger partial charge in [0.2, 0.25) is 0 Å². The Labute approximate surface area is 176 Å². The molecule has 3 nitrogen and oxygen atoms in total. The fourth-order valence-corrected chi connectivity index (χ4v) is 3.30. The quantitative estimate of drug-likeness (QED) is 0.378. The van der Waals surface area contributed by atoms with Crippen LogP contribution in [0.1, 0.15) is 28.4 Å². The van der Waals surface area contributed by atoms with Crippen LogP contribution >= 0.6 is 31.9 Å². The molecule has 0 bridgehead atoms. The Morgan fingerprint density at radius 2 is 1.44 bits per heavy atom. The van der Waals surface area contributed by atoms with Gasteiger partial charge in [0.1, 0.15) is 5.75 Å². The van der Waals surface area contributed by atoms with Gasteiger partial charge >= 0.3 is 0 Å². The minimum Gasteiger partial charge on any atom is -0.497 e. The molecule has 27 heavy (non-hydrogen) atoms. The van der Waals surface area contributed by atoms with E-state index in [9.17, 15) is 4.79 Å². The Bertz CT molecular complexity index is 891. The van der Waals surface area contributed by atoms with E-state index >= 15 is 0 Å². The lowest BCUT2D eigenvalue weighted by atomic mass is 9.97. The summed E-state index contributed by atoms with van der Waals surface area (Å²) in [6, 6.07) is 23.1. The summed E-state index contributed by atoms with van der Waals surface area (Å²) in [5.74, 6) is 0.819. The third-order valence-corrected chi connectivity index (χ3v) is 5.32. The second-order valence-corrected chi connectivity index (χ2v) is 7.94. The molecule has 0 aliphatic heterocycles. The van der Waals surface area contributed by atoms with Crippen LogP contribution in [0.2, 0.25) is 0 Å². The summed E-state index contributed by atoms with van der Waals surface area (Å²) in [5, 5.41) is 3.48. The van der Waals surface area contributed by atoms with Gasteiger partial charge in [-0.25, -0.2) is 0 Å². The van der Waals surface area contributed by atoms with E-state index in [2.05, 4.69) is 37.2 Å². The lowest BCUT2D eigenvalue weighted by Gasteiger charge is -2.20. The molecule has 3 rings (SSSR count). The maximum Gasteiger partial charge on any atom is 0.165 e. The highest BCUT2D eigenvalue weighted by Crippen LogP contribution is 2.27. The standard InChI is InChI=1S/C22H19Br2NO2/c1-27-20-12-4-16(5-13-20)22(26)14-21(15-2-6-17(23)7-3-15)25-19-10-8-18(24)9-11-19/h2-13,21,25H,14H2,1H3. The molecule has 0 aliphatic rings. The molecule has 138 valence electrons. The highest BCUT2D eigenvalue weighted by molar-refractivity contribution is 9.10. The zero-order valence-electron chi connectivity index (χ0n) is 14.8. The number of nitrogens with one attached hydrogen (secondary N) is 1. The van der Waals surface area contributed by atoms with E-state index in [1.54, 1.807) is 19.2 Å². The number of benzene rings is 3. The number of methoxy groups -OCH3 is 1. The molecule has 1 N–H and O–H groups in total. The molecule has 1 unspecified atom stereocenters. The molecule has 0 saturated carbocycles. The lowest BCUT2D eigenvalue weighted by molar-refractivity contribution is 0.0976. The van der Waals surface area contributed by atoms with Gasteiger partial charge in [0.25, 0.3) is 0 Å². The van der Waals surface area contributed by atoms with Gasteiger partial charge in [0, 0.05) is 26.6 Å². The lowest BCUT2D eigenvalue weighted by Crippen LogP contribution is -2.15. The van der Waals surface area contributed by atoms with Crippen molar-refractivity contribution in [2.45, 2.75) is 12.5 Å². The molecule has 0 heterocycles. The second kappa shape index (κ2) is 9.20. The van der Waals surface area contributed by atoms with E-state index in [0.717, 1.165) is 25.9 Å². The van der Waals surface area contributed by atoms with Gasteiger partial charge in [0.15, 0.2) is 5.78 Å². The molecule has 5 heteroatoms. The number of carbonyl (C=O) groups excluding carboxylic acids is 1. The molecule has 0 spiro atoms. The van der Waals surface area contributed by atoms with Crippen LogP contribution in [0.3, 0.4) is 0 Å². The zero-order chi connectivity index (χ0) is 19.2. The predicted octanol–water partition coefficient (Wildman–Crippen LogP) is 6.65. The molecule has 3 aromatic rings. The molecule has 0 radical (unpaired) electrons. The van der Waals surface area contributed by atoms with Crippen molar-refractivity contribution < 1.29 is 9.53 Å². The summed E-state index contributed by atoms with van der Waals surface area (Å²) in [5.41, 5.74) is 2.70. The molecule has 0 aliphatic carbocycles. The fraction of sp³-hybridized carbons (Fsp3) is 0.136. The van der Waals surface area contributed by atoms with E-state index in [1.807, 2.05) is 60.7 Å². The number of Topliss-reactive ketones (excluding diaryl/α,β-unsaturated/α-hetero) is 1. The van der Waals surface area contributed by atoms with Crippen molar-refractivity contribution in [3.8, 4) is 5.75 Å². The number of carbonyl (C=O) groups is 1. The van der Waals surface area contributed by atoms with Crippen LogP contribution in [0.4, 0.5) is 5.69 Å². The van der Waals surface area contributed by atoms with Crippen molar-refractivity contribution in [3.05, 3.63) is 92.9 Å². The number of hydrogen-bond acceptors (Lipinski definition) is 3. The summed E-state index contributed by atoms with van der Waals surface area (Å²) in [7, 11) is 1.61. The van der Waals surface area contributed by atoms with E-state index in [-0.39, 0.29) is 11.8 Å². The van der Waals surface area contributed by atoms with E-state index in [0.29, 0.717) is 12.0 Å². The summed E-state index contributed by atoms with van der Waals surface area (Å²) in [6.07, 6.45) is 0.351. The van der Waals surface area contributed by atoms with Crippen molar-refractivity contribution in [1.82, 2.24) is 0 Å². The highest BCUT2D eigenvalue weighted by Gasteiger charge is 2.17. The van der Waals surface area contributed by atoms with Crippen molar-refractivity contribution in [3.63, 3.8) is 0 Å². The largest absolute Gasteiger partial charge is 0.497 e. The van der Waals surface area contributed by atoms with E-state index in [1.165, 1.54) is 0 Å². The maximum atomic E-state index is 12.8. The van der Waals surface area contributed by atoms with Crippen LogP contribution in [0, 0.1) is 0 Å². The number of hydrogen-bond donors (Lipinski definition) is 1. The Kier molecular flexibility index (Phi) is 6.69. The van der Waals surface area contributed by atoms with Gasteiger partial charge in [-0.15, -0.1) is 0 Å². The fourth-order valence-electron chi connectivity index (χ4n) is 2.77. The molecule has 1 atom stereocenters. The first-order valence-electron chi connectivity index (χ1n) is 8.50. The highest BCUT2D eigenvalue weighted by atomic mass is 79.9. The normalized spacial score (nSPS) is 11.7. The Hall–Kier alpha value is -2.11. The number of rotatable bonds is 7. The van der Waals surface area contributed by atoms with Crippen molar-refractivity contribution in [2.75, 3.05) is 12.4 Å². The van der Waals surface area contributed by atoms with Crippen LogP contribution < -0.4 is 10.1 Å². The molecular formula is C22H19Br2NO2. The number of halogens is 2. The zero-order valence-corrected chi connectivity index (χ0v) is 18.0. The van der Waals surface area contributed by atoms with Gasteiger partial charge in [0.05, 0.1) is 13.2 Å². The average Bonchev–Trinajstić information content (AvgIpc) is 2.70.